The first-order valence-electron chi connectivity index (χ1n) is 7.90. The molecule has 2 heterocycles. The van der Waals surface area contributed by atoms with E-state index in [0.717, 1.165) is 45.1 Å². The molecule has 0 aromatic heterocycles. The van der Waals surface area contributed by atoms with Gasteiger partial charge in [0.05, 0.1) is 25.9 Å². The SMILES string of the molecule is CC(NCC1COC2(CCOCC2)O1)C1CCCC1. The quantitative estimate of drug-likeness (QED) is 0.848. The van der Waals surface area contributed by atoms with E-state index in [1.54, 1.807) is 0 Å². The molecule has 0 bridgehead atoms. The van der Waals surface area contributed by atoms with E-state index in [2.05, 4.69) is 12.2 Å². The van der Waals surface area contributed by atoms with Crippen molar-refractivity contribution >= 4 is 0 Å². The molecule has 0 aromatic carbocycles. The Kier molecular flexibility index (Phi) is 4.42. The molecule has 1 N–H and O–H groups in total. The fourth-order valence-corrected chi connectivity index (χ4v) is 3.60. The van der Waals surface area contributed by atoms with Gasteiger partial charge in [0.15, 0.2) is 5.79 Å². The van der Waals surface area contributed by atoms with Gasteiger partial charge in [-0.05, 0) is 25.7 Å². The zero-order valence-electron chi connectivity index (χ0n) is 12.0. The monoisotopic (exact) mass is 269 g/mol. The van der Waals surface area contributed by atoms with E-state index in [0.29, 0.717) is 6.04 Å². The highest BCUT2D eigenvalue weighted by molar-refractivity contribution is 4.84. The third-order valence-corrected chi connectivity index (χ3v) is 4.94. The summed E-state index contributed by atoms with van der Waals surface area (Å²) in [6, 6.07) is 0.609. The first-order valence-corrected chi connectivity index (χ1v) is 7.90. The largest absolute Gasteiger partial charge is 0.381 e. The van der Waals surface area contributed by atoms with Crippen molar-refractivity contribution in [3.8, 4) is 0 Å². The molecule has 3 fully saturated rings. The molecule has 110 valence electrons. The summed E-state index contributed by atoms with van der Waals surface area (Å²) in [4.78, 5) is 0. The predicted molar refractivity (Wildman–Crippen MR) is 73.0 cm³/mol. The Morgan fingerprint density at radius 2 is 1.95 bits per heavy atom. The molecule has 2 atom stereocenters. The van der Waals surface area contributed by atoms with E-state index in [1.807, 2.05) is 0 Å². The van der Waals surface area contributed by atoms with Gasteiger partial charge in [0.25, 0.3) is 0 Å². The Balaban J connectivity index is 1.41. The van der Waals surface area contributed by atoms with Crippen LogP contribution in [0.4, 0.5) is 0 Å². The van der Waals surface area contributed by atoms with E-state index in [4.69, 9.17) is 14.2 Å². The Bertz CT molecular complexity index is 285. The maximum absolute atomic E-state index is 6.14. The molecule has 2 unspecified atom stereocenters. The van der Waals surface area contributed by atoms with Crippen LogP contribution in [0.3, 0.4) is 0 Å². The number of hydrogen-bond donors (Lipinski definition) is 1. The average Bonchev–Trinajstić information content (AvgIpc) is 3.08. The summed E-state index contributed by atoms with van der Waals surface area (Å²) >= 11 is 0. The van der Waals surface area contributed by atoms with Gasteiger partial charge in [0, 0.05) is 25.4 Å². The van der Waals surface area contributed by atoms with Gasteiger partial charge in [0.2, 0.25) is 0 Å². The molecular formula is C15H27NO3. The van der Waals surface area contributed by atoms with E-state index >= 15 is 0 Å². The van der Waals surface area contributed by atoms with Crippen molar-refractivity contribution in [3.05, 3.63) is 0 Å². The topological polar surface area (TPSA) is 39.7 Å². The number of ether oxygens (including phenoxy) is 3. The highest BCUT2D eigenvalue weighted by Crippen LogP contribution is 2.33. The normalized spacial score (nSPS) is 33.0. The molecule has 2 aliphatic heterocycles. The van der Waals surface area contributed by atoms with Gasteiger partial charge >= 0.3 is 0 Å². The van der Waals surface area contributed by atoms with E-state index in [9.17, 15) is 0 Å². The first kappa shape index (κ1) is 13.8. The van der Waals surface area contributed by atoms with Crippen LogP contribution in [-0.2, 0) is 14.2 Å². The van der Waals surface area contributed by atoms with Crippen molar-refractivity contribution in [2.75, 3.05) is 26.4 Å². The Morgan fingerprint density at radius 3 is 2.68 bits per heavy atom. The van der Waals surface area contributed by atoms with Crippen LogP contribution in [0.1, 0.15) is 45.4 Å². The summed E-state index contributed by atoms with van der Waals surface area (Å²) in [7, 11) is 0. The molecule has 0 aromatic rings. The molecule has 0 amide bonds. The third kappa shape index (κ3) is 3.30. The highest BCUT2D eigenvalue weighted by Gasteiger charge is 2.42. The van der Waals surface area contributed by atoms with E-state index < -0.39 is 0 Å². The van der Waals surface area contributed by atoms with Crippen molar-refractivity contribution < 1.29 is 14.2 Å². The van der Waals surface area contributed by atoms with Gasteiger partial charge < -0.3 is 19.5 Å². The maximum atomic E-state index is 6.14. The smallest absolute Gasteiger partial charge is 0.173 e. The Morgan fingerprint density at radius 1 is 1.21 bits per heavy atom. The van der Waals surface area contributed by atoms with E-state index in [-0.39, 0.29) is 11.9 Å². The molecule has 4 nitrogen and oxygen atoms in total. The van der Waals surface area contributed by atoms with Gasteiger partial charge in [0.1, 0.15) is 0 Å². The van der Waals surface area contributed by atoms with Gasteiger partial charge in [-0.2, -0.15) is 0 Å². The third-order valence-electron chi connectivity index (χ3n) is 4.94. The van der Waals surface area contributed by atoms with Crippen molar-refractivity contribution in [2.45, 2.75) is 63.4 Å². The molecule has 3 aliphatic rings. The maximum Gasteiger partial charge on any atom is 0.173 e. The predicted octanol–water partition coefficient (Wildman–Crippen LogP) is 2.08. The first-order chi connectivity index (χ1) is 9.27. The van der Waals surface area contributed by atoms with E-state index in [1.165, 1.54) is 25.7 Å². The lowest BCUT2D eigenvalue weighted by atomic mass is 10.00. The Hall–Kier alpha value is -0.160. The van der Waals surface area contributed by atoms with Gasteiger partial charge in [-0.1, -0.05) is 12.8 Å². The molecular weight excluding hydrogens is 242 g/mol. The summed E-state index contributed by atoms with van der Waals surface area (Å²) in [6.45, 7) is 5.48. The minimum atomic E-state index is -0.332. The molecule has 0 radical (unpaired) electrons. The van der Waals surface area contributed by atoms with Crippen LogP contribution >= 0.6 is 0 Å². The lowest BCUT2D eigenvalue weighted by Gasteiger charge is -2.32. The Labute approximate surface area is 116 Å². The average molecular weight is 269 g/mol. The minimum Gasteiger partial charge on any atom is -0.381 e. The van der Waals surface area contributed by atoms with Crippen LogP contribution in [0.5, 0.6) is 0 Å². The highest BCUT2D eigenvalue weighted by atomic mass is 16.7. The minimum absolute atomic E-state index is 0.210. The number of nitrogens with one attached hydrogen (secondary N) is 1. The van der Waals surface area contributed by atoms with Crippen LogP contribution in [0.15, 0.2) is 0 Å². The van der Waals surface area contributed by atoms with Crippen LogP contribution in [-0.4, -0.2) is 44.3 Å². The number of hydrogen-bond acceptors (Lipinski definition) is 4. The summed E-state index contributed by atoms with van der Waals surface area (Å²) in [6.07, 6.45) is 7.55. The van der Waals surface area contributed by atoms with Crippen LogP contribution in [0.2, 0.25) is 0 Å². The van der Waals surface area contributed by atoms with Gasteiger partial charge in [-0.3, -0.25) is 0 Å². The lowest BCUT2D eigenvalue weighted by molar-refractivity contribution is -0.210. The van der Waals surface area contributed by atoms with Crippen molar-refractivity contribution in [1.29, 1.82) is 0 Å². The van der Waals surface area contributed by atoms with Crippen LogP contribution in [0.25, 0.3) is 0 Å². The summed E-state index contributed by atoms with van der Waals surface area (Å²) in [5, 5.41) is 3.65. The fourth-order valence-electron chi connectivity index (χ4n) is 3.60. The zero-order valence-corrected chi connectivity index (χ0v) is 12.0. The standard InChI is InChI=1S/C15H27NO3/c1-12(13-4-2-3-5-13)16-10-14-11-18-15(19-14)6-8-17-9-7-15/h12-14,16H,2-11H2,1H3. The summed E-state index contributed by atoms with van der Waals surface area (Å²) in [5.41, 5.74) is 0. The summed E-state index contributed by atoms with van der Waals surface area (Å²) < 4.78 is 17.4. The van der Waals surface area contributed by atoms with Crippen molar-refractivity contribution in [2.24, 2.45) is 5.92 Å². The second-order valence-corrected chi connectivity index (χ2v) is 6.32. The number of rotatable bonds is 4. The molecule has 1 aliphatic carbocycles. The molecule has 2 saturated heterocycles. The van der Waals surface area contributed by atoms with Crippen molar-refractivity contribution in [1.82, 2.24) is 5.32 Å². The molecule has 1 spiro atoms. The second-order valence-electron chi connectivity index (χ2n) is 6.32. The van der Waals surface area contributed by atoms with Gasteiger partial charge in [-0.15, -0.1) is 0 Å². The molecule has 19 heavy (non-hydrogen) atoms. The lowest BCUT2D eigenvalue weighted by Crippen LogP contribution is -2.41. The van der Waals surface area contributed by atoms with Crippen LogP contribution in [0, 0.1) is 5.92 Å². The zero-order chi connectivity index (χ0) is 13.1. The van der Waals surface area contributed by atoms with Crippen molar-refractivity contribution in [3.63, 3.8) is 0 Å². The molecule has 1 saturated carbocycles. The fraction of sp³-hybridized carbons (Fsp3) is 1.00. The molecule has 3 rings (SSSR count). The summed E-state index contributed by atoms with van der Waals surface area (Å²) in [5.74, 6) is 0.528. The van der Waals surface area contributed by atoms with Gasteiger partial charge in [-0.25, -0.2) is 0 Å². The van der Waals surface area contributed by atoms with Crippen LogP contribution < -0.4 is 5.32 Å². The molecule has 4 heteroatoms. The second kappa shape index (κ2) is 6.08.